The number of carbonyl (C=O) groups excluding carboxylic acids is 2. The Balaban J connectivity index is 1.77. The maximum Gasteiger partial charge on any atom is 0.417 e. The van der Waals surface area contributed by atoms with Crippen LogP contribution in [-0.2, 0) is 20.5 Å². The fourth-order valence-corrected chi connectivity index (χ4v) is 4.76. The molecule has 0 saturated carbocycles. The zero-order valence-corrected chi connectivity index (χ0v) is 15.4. The van der Waals surface area contributed by atoms with E-state index in [1.165, 1.54) is 12.1 Å². The minimum Gasteiger partial charge on any atom is -0.396 e. The largest absolute Gasteiger partial charge is 0.417 e. The van der Waals surface area contributed by atoms with Crippen molar-refractivity contribution >= 4 is 17.5 Å². The fraction of sp³-hybridized carbons (Fsp3) is 0.450. The third-order valence-corrected chi connectivity index (χ3v) is 5.97. The Morgan fingerprint density at radius 3 is 2.55 bits per heavy atom. The van der Waals surface area contributed by atoms with Gasteiger partial charge in [-0.15, -0.1) is 0 Å². The molecule has 2 bridgehead atoms. The lowest BCUT2D eigenvalue weighted by molar-refractivity contribution is -0.138. The highest BCUT2D eigenvalue weighted by molar-refractivity contribution is 6.23. The molecule has 2 amide bonds. The van der Waals surface area contributed by atoms with Crippen LogP contribution in [0.15, 0.2) is 30.4 Å². The number of imide groups is 1. The molecule has 3 aliphatic rings. The van der Waals surface area contributed by atoms with Crippen LogP contribution < -0.4 is 4.90 Å². The van der Waals surface area contributed by atoms with Crippen molar-refractivity contribution in [2.75, 3.05) is 11.5 Å². The Labute approximate surface area is 164 Å². The van der Waals surface area contributed by atoms with Crippen molar-refractivity contribution < 1.29 is 32.6 Å². The molecule has 1 aromatic rings. The number of halogens is 3. The summed E-state index contributed by atoms with van der Waals surface area (Å²) in [6.45, 7) is 1.55. The number of carbonyl (C=O) groups is 2. The summed E-state index contributed by atoms with van der Waals surface area (Å²) in [6, 6.07) is 4.27. The van der Waals surface area contributed by atoms with Gasteiger partial charge in [-0.3, -0.25) is 9.59 Å². The van der Waals surface area contributed by atoms with E-state index in [0.29, 0.717) is 18.9 Å². The molecule has 2 saturated heterocycles. The molecule has 0 spiro atoms. The summed E-state index contributed by atoms with van der Waals surface area (Å²) in [7, 11) is 0. The molecule has 6 nitrogen and oxygen atoms in total. The van der Waals surface area contributed by atoms with E-state index in [4.69, 9.17) is 10.00 Å². The molecule has 1 N–H and O–H groups in total. The number of nitrogens with zero attached hydrogens (tertiary/aromatic N) is 2. The van der Waals surface area contributed by atoms with Crippen molar-refractivity contribution in [2.45, 2.75) is 37.1 Å². The first kappa shape index (κ1) is 19.6. The number of amides is 2. The quantitative estimate of drug-likeness (QED) is 0.613. The Kier molecular flexibility index (Phi) is 4.16. The van der Waals surface area contributed by atoms with E-state index in [1.807, 2.05) is 0 Å². The molecular weight excluding hydrogens is 389 g/mol. The number of anilines is 1. The monoisotopic (exact) mass is 406 g/mol. The molecular formula is C20H17F3N2O4. The molecule has 152 valence electrons. The minimum atomic E-state index is -4.80. The zero-order chi connectivity index (χ0) is 21.2. The number of alkyl halides is 3. The second-order valence-corrected chi connectivity index (χ2v) is 7.71. The number of hydrogen-bond donors (Lipinski definition) is 1. The van der Waals surface area contributed by atoms with Gasteiger partial charge in [-0.05, 0) is 38.0 Å². The maximum atomic E-state index is 13.3. The maximum absolute atomic E-state index is 13.3. The summed E-state index contributed by atoms with van der Waals surface area (Å²) in [5.74, 6) is -3.00. The van der Waals surface area contributed by atoms with E-state index in [9.17, 15) is 27.9 Å². The molecule has 2 fully saturated rings. The molecule has 0 aromatic heterocycles. The SMILES string of the molecule is C[C@@]12C=C[C@@](CCCO)(O1)[C@H]1C(=O)N(c3ccc(C#N)c(C(F)(F)F)c3)C(=O)[C@H]12. The van der Waals surface area contributed by atoms with Gasteiger partial charge in [0, 0.05) is 6.61 Å². The molecule has 4 atom stereocenters. The van der Waals surface area contributed by atoms with Gasteiger partial charge < -0.3 is 9.84 Å². The Bertz CT molecular complexity index is 983. The molecule has 29 heavy (non-hydrogen) atoms. The number of nitriles is 1. The molecule has 0 unspecified atom stereocenters. The summed E-state index contributed by atoms with van der Waals surface area (Å²) < 4.78 is 46.0. The topological polar surface area (TPSA) is 90.6 Å². The van der Waals surface area contributed by atoms with E-state index in [2.05, 4.69) is 0 Å². The normalized spacial score (nSPS) is 32.8. The number of fused-ring (bicyclic) bond motifs is 5. The lowest BCUT2D eigenvalue weighted by Gasteiger charge is -2.29. The van der Waals surface area contributed by atoms with Crippen molar-refractivity contribution in [2.24, 2.45) is 11.8 Å². The van der Waals surface area contributed by atoms with Gasteiger partial charge in [0.15, 0.2) is 0 Å². The van der Waals surface area contributed by atoms with Crippen molar-refractivity contribution in [1.29, 1.82) is 5.26 Å². The Hall–Kier alpha value is -2.70. The van der Waals surface area contributed by atoms with Gasteiger partial charge in [0.05, 0.1) is 40.3 Å². The lowest BCUT2D eigenvalue weighted by Crippen LogP contribution is -2.41. The highest BCUT2D eigenvalue weighted by Crippen LogP contribution is 2.59. The molecule has 3 aliphatic heterocycles. The van der Waals surface area contributed by atoms with Crippen molar-refractivity contribution in [3.63, 3.8) is 0 Å². The molecule has 3 heterocycles. The number of rotatable bonds is 4. The van der Waals surface area contributed by atoms with Crippen LogP contribution in [0.5, 0.6) is 0 Å². The van der Waals surface area contributed by atoms with Gasteiger partial charge in [-0.2, -0.15) is 18.4 Å². The predicted molar refractivity (Wildman–Crippen MR) is 93.3 cm³/mol. The minimum absolute atomic E-state index is 0.122. The third-order valence-electron chi connectivity index (χ3n) is 5.97. The van der Waals surface area contributed by atoms with Crippen LogP contribution in [0.25, 0.3) is 0 Å². The summed E-state index contributed by atoms with van der Waals surface area (Å²) in [4.78, 5) is 27.1. The first-order valence-electron chi connectivity index (χ1n) is 9.08. The van der Waals surface area contributed by atoms with Crippen LogP contribution in [-0.4, -0.2) is 34.7 Å². The van der Waals surface area contributed by atoms with Gasteiger partial charge in [0.2, 0.25) is 11.8 Å². The van der Waals surface area contributed by atoms with Crippen LogP contribution >= 0.6 is 0 Å². The molecule has 1 aromatic carbocycles. The standard InChI is InChI=1S/C20H17F3N2O4/c1-18-6-7-19(29-18,5-2-8-26)15-14(18)16(27)25(17(15)28)12-4-3-11(10-24)13(9-12)20(21,22)23/h3-4,6-7,9,14-15,26H,2,5,8H2,1H3/t14-,15+,18-,19+/m0/s1. The molecule has 4 rings (SSSR count). The Morgan fingerprint density at radius 1 is 1.24 bits per heavy atom. The summed E-state index contributed by atoms with van der Waals surface area (Å²) in [5, 5.41) is 18.1. The predicted octanol–water partition coefficient (Wildman–Crippen LogP) is 2.55. The van der Waals surface area contributed by atoms with Gasteiger partial charge in [-0.1, -0.05) is 12.2 Å². The number of hydrogen-bond acceptors (Lipinski definition) is 5. The Morgan fingerprint density at radius 2 is 1.93 bits per heavy atom. The van der Waals surface area contributed by atoms with E-state index in [1.54, 1.807) is 19.1 Å². The molecule has 0 aliphatic carbocycles. The fourth-order valence-electron chi connectivity index (χ4n) is 4.76. The average molecular weight is 406 g/mol. The van der Waals surface area contributed by atoms with Gasteiger partial charge in [0.25, 0.3) is 0 Å². The average Bonchev–Trinajstić information content (AvgIpc) is 3.24. The van der Waals surface area contributed by atoms with Gasteiger partial charge in [0.1, 0.15) is 5.60 Å². The first-order valence-corrected chi connectivity index (χ1v) is 9.08. The summed E-state index contributed by atoms with van der Waals surface area (Å²) in [5.41, 5.74) is -4.11. The van der Waals surface area contributed by atoms with Crippen LogP contribution in [0.3, 0.4) is 0 Å². The second-order valence-electron chi connectivity index (χ2n) is 7.71. The van der Waals surface area contributed by atoms with Crippen LogP contribution in [0.2, 0.25) is 0 Å². The number of aliphatic hydroxyl groups is 1. The first-order chi connectivity index (χ1) is 13.6. The molecule has 0 radical (unpaired) electrons. The highest BCUT2D eigenvalue weighted by Gasteiger charge is 2.71. The molecule has 9 heteroatoms. The lowest BCUT2D eigenvalue weighted by atomic mass is 9.71. The van der Waals surface area contributed by atoms with Gasteiger partial charge >= 0.3 is 6.18 Å². The zero-order valence-electron chi connectivity index (χ0n) is 15.4. The van der Waals surface area contributed by atoms with E-state index in [-0.39, 0.29) is 12.3 Å². The van der Waals surface area contributed by atoms with Gasteiger partial charge in [-0.25, -0.2) is 4.90 Å². The number of benzene rings is 1. The van der Waals surface area contributed by atoms with Crippen LogP contribution in [0, 0.1) is 23.2 Å². The van der Waals surface area contributed by atoms with Crippen LogP contribution in [0.1, 0.15) is 30.9 Å². The van der Waals surface area contributed by atoms with E-state index < -0.39 is 52.2 Å². The summed E-state index contributed by atoms with van der Waals surface area (Å²) in [6.07, 6.45) is -0.718. The number of aliphatic hydroxyl groups excluding tert-OH is 1. The van der Waals surface area contributed by atoms with Crippen molar-refractivity contribution in [3.8, 4) is 6.07 Å². The number of ether oxygens (including phenoxy) is 1. The van der Waals surface area contributed by atoms with E-state index in [0.717, 1.165) is 11.0 Å². The van der Waals surface area contributed by atoms with E-state index >= 15 is 0 Å². The van der Waals surface area contributed by atoms with Crippen LogP contribution in [0.4, 0.5) is 18.9 Å². The van der Waals surface area contributed by atoms with Crippen molar-refractivity contribution in [1.82, 2.24) is 0 Å². The smallest absolute Gasteiger partial charge is 0.396 e. The summed E-state index contributed by atoms with van der Waals surface area (Å²) >= 11 is 0. The second kappa shape index (κ2) is 6.15. The van der Waals surface area contributed by atoms with Crippen molar-refractivity contribution in [3.05, 3.63) is 41.5 Å². The third kappa shape index (κ3) is 2.63. The highest BCUT2D eigenvalue weighted by atomic mass is 19.4.